The van der Waals surface area contributed by atoms with E-state index < -0.39 is 5.60 Å². The van der Waals surface area contributed by atoms with Crippen molar-refractivity contribution in [1.29, 1.82) is 0 Å². The molecular weight excluding hydrogens is 192 g/mol. The fourth-order valence-electron chi connectivity index (χ4n) is 2.40. The molecule has 4 heteroatoms. The molecule has 1 atom stereocenters. The fraction of sp³-hybridized carbons (Fsp3) is 1.00. The van der Waals surface area contributed by atoms with E-state index in [1.54, 1.807) is 0 Å². The molecule has 0 aromatic rings. The predicted octanol–water partition coefficient (Wildman–Crippen LogP) is -0.177. The lowest BCUT2D eigenvalue weighted by molar-refractivity contribution is 0.0243. The van der Waals surface area contributed by atoms with Crippen LogP contribution in [0.15, 0.2) is 0 Å². The standard InChI is InChI=1S/C11H22N2O2/c14-11(3-4-12-10-11)2-1-5-13-6-8-15-9-7-13/h12,14H,1-10H2. The van der Waals surface area contributed by atoms with E-state index in [0.29, 0.717) is 0 Å². The number of morpholine rings is 1. The number of aliphatic hydroxyl groups is 1. The molecule has 0 spiro atoms. The predicted molar refractivity (Wildman–Crippen MR) is 58.9 cm³/mol. The highest BCUT2D eigenvalue weighted by Crippen LogP contribution is 2.20. The molecule has 2 rings (SSSR count). The van der Waals surface area contributed by atoms with Gasteiger partial charge in [0.25, 0.3) is 0 Å². The molecule has 0 aliphatic carbocycles. The summed E-state index contributed by atoms with van der Waals surface area (Å²) < 4.78 is 5.30. The van der Waals surface area contributed by atoms with Crippen LogP contribution in [0.2, 0.25) is 0 Å². The summed E-state index contributed by atoms with van der Waals surface area (Å²) in [5.41, 5.74) is -0.424. The summed E-state index contributed by atoms with van der Waals surface area (Å²) in [4.78, 5) is 2.43. The molecule has 88 valence electrons. The number of hydrogen-bond acceptors (Lipinski definition) is 4. The van der Waals surface area contributed by atoms with E-state index >= 15 is 0 Å². The zero-order chi connectivity index (χ0) is 10.6. The van der Waals surface area contributed by atoms with Gasteiger partial charge in [-0.2, -0.15) is 0 Å². The zero-order valence-electron chi connectivity index (χ0n) is 9.37. The van der Waals surface area contributed by atoms with Crippen LogP contribution < -0.4 is 5.32 Å². The molecule has 2 N–H and O–H groups in total. The van der Waals surface area contributed by atoms with Gasteiger partial charge < -0.3 is 15.2 Å². The normalized spacial score (nSPS) is 33.4. The first-order chi connectivity index (χ1) is 7.29. The number of nitrogens with zero attached hydrogens (tertiary/aromatic N) is 1. The second-order valence-electron chi connectivity index (χ2n) is 4.71. The lowest BCUT2D eigenvalue weighted by Gasteiger charge is -2.28. The van der Waals surface area contributed by atoms with Crippen molar-refractivity contribution in [3.05, 3.63) is 0 Å². The van der Waals surface area contributed by atoms with E-state index in [-0.39, 0.29) is 0 Å². The van der Waals surface area contributed by atoms with Crippen molar-refractivity contribution < 1.29 is 9.84 Å². The van der Waals surface area contributed by atoms with Gasteiger partial charge in [0.05, 0.1) is 18.8 Å². The van der Waals surface area contributed by atoms with Gasteiger partial charge in [-0.05, 0) is 32.4 Å². The molecule has 0 aromatic carbocycles. The Morgan fingerprint density at radius 3 is 2.80 bits per heavy atom. The maximum atomic E-state index is 10.1. The van der Waals surface area contributed by atoms with Crippen molar-refractivity contribution in [3.8, 4) is 0 Å². The SMILES string of the molecule is OC1(CCCN2CCOCC2)CCNC1. The van der Waals surface area contributed by atoms with Crippen LogP contribution in [0.25, 0.3) is 0 Å². The number of rotatable bonds is 4. The Labute approximate surface area is 91.6 Å². The van der Waals surface area contributed by atoms with Gasteiger partial charge >= 0.3 is 0 Å². The van der Waals surface area contributed by atoms with Gasteiger partial charge in [-0.3, -0.25) is 4.90 Å². The van der Waals surface area contributed by atoms with Crippen molar-refractivity contribution >= 4 is 0 Å². The minimum absolute atomic E-state index is 0.424. The molecule has 2 heterocycles. The zero-order valence-corrected chi connectivity index (χ0v) is 9.37. The molecule has 0 radical (unpaired) electrons. The first-order valence-corrected chi connectivity index (χ1v) is 6.02. The third-order valence-electron chi connectivity index (χ3n) is 3.44. The molecule has 4 nitrogen and oxygen atoms in total. The van der Waals surface area contributed by atoms with Crippen LogP contribution in [0.5, 0.6) is 0 Å². The van der Waals surface area contributed by atoms with Gasteiger partial charge in [-0.1, -0.05) is 0 Å². The summed E-state index contributed by atoms with van der Waals surface area (Å²) in [6.45, 7) is 6.68. The number of nitrogens with one attached hydrogen (secondary N) is 1. The molecule has 1 unspecified atom stereocenters. The number of hydrogen-bond donors (Lipinski definition) is 2. The summed E-state index contributed by atoms with van der Waals surface area (Å²) >= 11 is 0. The average molecular weight is 214 g/mol. The fourth-order valence-corrected chi connectivity index (χ4v) is 2.40. The maximum Gasteiger partial charge on any atom is 0.0784 e. The molecule has 0 aromatic heterocycles. The van der Waals surface area contributed by atoms with Crippen molar-refractivity contribution in [2.75, 3.05) is 45.9 Å². The third kappa shape index (κ3) is 3.41. The Hall–Kier alpha value is -0.160. The molecule has 15 heavy (non-hydrogen) atoms. The summed E-state index contributed by atoms with van der Waals surface area (Å²) in [5, 5.41) is 13.3. The second kappa shape index (κ2) is 5.25. The Kier molecular flexibility index (Phi) is 3.97. The third-order valence-corrected chi connectivity index (χ3v) is 3.44. The van der Waals surface area contributed by atoms with E-state index in [4.69, 9.17) is 4.74 Å². The van der Waals surface area contributed by atoms with Gasteiger partial charge in [0, 0.05) is 19.6 Å². The summed E-state index contributed by atoms with van der Waals surface area (Å²) in [6.07, 6.45) is 2.94. The topological polar surface area (TPSA) is 44.7 Å². The van der Waals surface area contributed by atoms with Crippen LogP contribution in [0.4, 0.5) is 0 Å². The van der Waals surface area contributed by atoms with Crippen LogP contribution in [-0.2, 0) is 4.74 Å². The molecule has 0 saturated carbocycles. The van der Waals surface area contributed by atoms with Crippen molar-refractivity contribution in [1.82, 2.24) is 10.2 Å². The van der Waals surface area contributed by atoms with Crippen molar-refractivity contribution in [2.24, 2.45) is 0 Å². The van der Waals surface area contributed by atoms with Crippen LogP contribution in [0.3, 0.4) is 0 Å². The van der Waals surface area contributed by atoms with Gasteiger partial charge in [0.15, 0.2) is 0 Å². The lowest BCUT2D eigenvalue weighted by Crippen LogP contribution is -2.38. The first kappa shape index (κ1) is 11.3. The average Bonchev–Trinajstić information content (AvgIpc) is 2.67. The van der Waals surface area contributed by atoms with Gasteiger partial charge in [0.1, 0.15) is 0 Å². The second-order valence-corrected chi connectivity index (χ2v) is 4.71. The van der Waals surface area contributed by atoms with Crippen molar-refractivity contribution in [3.63, 3.8) is 0 Å². The highest BCUT2D eigenvalue weighted by molar-refractivity contribution is 4.87. The summed E-state index contributed by atoms with van der Waals surface area (Å²) in [7, 11) is 0. The lowest BCUT2D eigenvalue weighted by atomic mass is 9.97. The Morgan fingerprint density at radius 1 is 1.33 bits per heavy atom. The van der Waals surface area contributed by atoms with E-state index in [1.807, 2.05) is 0 Å². The largest absolute Gasteiger partial charge is 0.389 e. The molecule has 2 fully saturated rings. The monoisotopic (exact) mass is 214 g/mol. The van der Waals surface area contributed by atoms with E-state index in [9.17, 15) is 5.11 Å². The van der Waals surface area contributed by atoms with Crippen LogP contribution in [0, 0.1) is 0 Å². The molecule has 2 aliphatic rings. The molecular formula is C11H22N2O2. The Morgan fingerprint density at radius 2 is 2.13 bits per heavy atom. The Bertz CT molecular complexity index is 187. The van der Waals surface area contributed by atoms with Crippen molar-refractivity contribution in [2.45, 2.75) is 24.9 Å². The highest BCUT2D eigenvalue weighted by Gasteiger charge is 2.30. The van der Waals surface area contributed by atoms with Crippen LogP contribution in [-0.4, -0.2) is 61.5 Å². The van der Waals surface area contributed by atoms with E-state index in [1.165, 1.54) is 0 Å². The molecule has 2 saturated heterocycles. The minimum atomic E-state index is -0.424. The summed E-state index contributed by atoms with van der Waals surface area (Å²) in [5.74, 6) is 0. The molecule has 0 bridgehead atoms. The Balaban J connectivity index is 1.61. The molecule has 0 amide bonds. The van der Waals surface area contributed by atoms with Gasteiger partial charge in [0.2, 0.25) is 0 Å². The number of β-amino-alcohol motifs (C(OH)–C–C–N with tert-alkyl or cyclic N) is 1. The minimum Gasteiger partial charge on any atom is -0.389 e. The van der Waals surface area contributed by atoms with E-state index in [0.717, 1.165) is 65.2 Å². The van der Waals surface area contributed by atoms with Gasteiger partial charge in [-0.25, -0.2) is 0 Å². The first-order valence-electron chi connectivity index (χ1n) is 6.02. The quantitative estimate of drug-likeness (QED) is 0.681. The number of ether oxygens (including phenoxy) is 1. The molecule has 2 aliphatic heterocycles. The van der Waals surface area contributed by atoms with Gasteiger partial charge in [-0.15, -0.1) is 0 Å². The van der Waals surface area contributed by atoms with Crippen LogP contribution in [0.1, 0.15) is 19.3 Å². The maximum absolute atomic E-state index is 10.1. The van der Waals surface area contributed by atoms with Crippen LogP contribution >= 0.6 is 0 Å². The van der Waals surface area contributed by atoms with E-state index in [2.05, 4.69) is 10.2 Å². The highest BCUT2D eigenvalue weighted by atomic mass is 16.5. The smallest absolute Gasteiger partial charge is 0.0784 e. The summed E-state index contributed by atoms with van der Waals surface area (Å²) in [6, 6.07) is 0.